The minimum absolute atomic E-state index is 0.0333. The van der Waals surface area contributed by atoms with Crippen LogP contribution in [0.25, 0.3) is 20.1 Å². The van der Waals surface area contributed by atoms with Crippen molar-refractivity contribution in [3.63, 3.8) is 0 Å². The second kappa shape index (κ2) is 8.01. The number of nitrogens with one attached hydrogen (secondary N) is 2. The van der Waals surface area contributed by atoms with Crippen molar-refractivity contribution in [3.05, 3.63) is 76.7 Å². The van der Waals surface area contributed by atoms with E-state index in [1.54, 1.807) is 23.5 Å². The third kappa shape index (κ3) is 4.13. The molecule has 7 heteroatoms. The van der Waals surface area contributed by atoms with Crippen molar-refractivity contribution in [2.45, 2.75) is 25.4 Å². The van der Waals surface area contributed by atoms with Gasteiger partial charge in [-0.3, -0.25) is 9.59 Å². The zero-order valence-electron chi connectivity index (χ0n) is 16.1. The standard InChI is InChI=1S/C23H19N3O2S2/c27-21(25-16-9-10-16)15-7-5-14(6-8-15)13-24-22(28)19-11-12-20(29-19)23-26-17-3-1-2-4-18(17)30-23/h1-8,11-12,16H,9-10,13H2,(H,24,28)(H,25,27). The molecule has 0 aliphatic heterocycles. The number of rotatable bonds is 6. The molecule has 150 valence electrons. The molecule has 1 aliphatic carbocycles. The number of aromatic nitrogens is 1. The summed E-state index contributed by atoms with van der Waals surface area (Å²) in [6.45, 7) is 0.414. The molecular formula is C23H19N3O2S2. The van der Waals surface area contributed by atoms with Gasteiger partial charge in [-0.15, -0.1) is 22.7 Å². The molecule has 1 fully saturated rings. The van der Waals surface area contributed by atoms with Gasteiger partial charge < -0.3 is 10.6 Å². The lowest BCUT2D eigenvalue weighted by atomic mass is 10.1. The van der Waals surface area contributed by atoms with Crippen molar-refractivity contribution in [1.82, 2.24) is 15.6 Å². The van der Waals surface area contributed by atoms with E-state index in [9.17, 15) is 9.59 Å². The van der Waals surface area contributed by atoms with Crippen LogP contribution < -0.4 is 10.6 Å². The Morgan fingerprint density at radius 2 is 1.73 bits per heavy atom. The summed E-state index contributed by atoms with van der Waals surface area (Å²) in [5.74, 6) is -0.142. The fourth-order valence-electron chi connectivity index (χ4n) is 3.09. The Bertz CT molecular complexity index is 1190. The summed E-state index contributed by atoms with van der Waals surface area (Å²) in [7, 11) is 0. The maximum atomic E-state index is 12.6. The first-order valence-corrected chi connectivity index (χ1v) is 11.4. The Morgan fingerprint density at radius 3 is 2.50 bits per heavy atom. The minimum Gasteiger partial charge on any atom is -0.349 e. The van der Waals surface area contributed by atoms with E-state index >= 15 is 0 Å². The van der Waals surface area contributed by atoms with Gasteiger partial charge in [0.25, 0.3) is 11.8 Å². The van der Waals surface area contributed by atoms with Crippen molar-refractivity contribution < 1.29 is 9.59 Å². The average Bonchev–Trinajstić information content (AvgIpc) is 3.28. The van der Waals surface area contributed by atoms with E-state index in [4.69, 9.17) is 0 Å². The third-order valence-corrected chi connectivity index (χ3v) is 7.21. The molecule has 30 heavy (non-hydrogen) atoms. The second-order valence-electron chi connectivity index (χ2n) is 7.28. The highest BCUT2D eigenvalue weighted by atomic mass is 32.1. The van der Waals surface area contributed by atoms with Crippen LogP contribution in [0.2, 0.25) is 0 Å². The number of amides is 2. The first kappa shape index (κ1) is 19.0. The molecule has 5 rings (SSSR count). The Morgan fingerprint density at radius 1 is 0.933 bits per heavy atom. The quantitative estimate of drug-likeness (QED) is 0.457. The van der Waals surface area contributed by atoms with Crippen LogP contribution in [0.1, 0.15) is 38.4 Å². The lowest BCUT2D eigenvalue weighted by Crippen LogP contribution is -2.25. The van der Waals surface area contributed by atoms with Crippen LogP contribution in [0.5, 0.6) is 0 Å². The van der Waals surface area contributed by atoms with Gasteiger partial charge in [-0.05, 0) is 54.8 Å². The van der Waals surface area contributed by atoms with Crippen LogP contribution in [0.3, 0.4) is 0 Å². The van der Waals surface area contributed by atoms with E-state index in [1.807, 2.05) is 42.5 Å². The Kier molecular flexibility index (Phi) is 5.06. The molecule has 1 aliphatic rings. The largest absolute Gasteiger partial charge is 0.349 e. The van der Waals surface area contributed by atoms with Crippen molar-refractivity contribution in [1.29, 1.82) is 0 Å². The summed E-state index contributed by atoms with van der Waals surface area (Å²) >= 11 is 3.08. The van der Waals surface area contributed by atoms with Gasteiger partial charge in [-0.25, -0.2) is 4.98 Å². The molecule has 0 unspecified atom stereocenters. The fraction of sp³-hybridized carbons (Fsp3) is 0.174. The summed E-state index contributed by atoms with van der Waals surface area (Å²) in [6, 6.07) is 19.5. The van der Waals surface area contributed by atoms with Gasteiger partial charge in [0.1, 0.15) is 5.01 Å². The number of carbonyl (C=O) groups is 2. The number of hydrogen-bond donors (Lipinski definition) is 2. The van der Waals surface area contributed by atoms with E-state index in [0.29, 0.717) is 23.0 Å². The Hall–Kier alpha value is -3.03. The molecule has 0 radical (unpaired) electrons. The first-order valence-electron chi connectivity index (χ1n) is 9.79. The number of carbonyl (C=O) groups excluding carboxylic acids is 2. The molecule has 1 saturated carbocycles. The highest BCUT2D eigenvalue weighted by molar-refractivity contribution is 7.26. The third-order valence-electron chi connectivity index (χ3n) is 4.92. The molecule has 2 heterocycles. The molecule has 2 amide bonds. The van der Waals surface area contributed by atoms with Crippen LogP contribution in [0, 0.1) is 0 Å². The maximum Gasteiger partial charge on any atom is 0.261 e. The van der Waals surface area contributed by atoms with E-state index in [1.165, 1.54) is 11.3 Å². The SMILES string of the molecule is O=C(NC1CC1)c1ccc(CNC(=O)c2ccc(-c3nc4ccccc4s3)s2)cc1. The van der Waals surface area contributed by atoms with E-state index in [2.05, 4.69) is 21.7 Å². The smallest absolute Gasteiger partial charge is 0.261 e. The normalized spacial score (nSPS) is 13.3. The van der Waals surface area contributed by atoms with Crippen molar-refractivity contribution in [3.8, 4) is 9.88 Å². The Labute approximate surface area is 181 Å². The molecule has 2 N–H and O–H groups in total. The van der Waals surface area contributed by atoms with Crippen LogP contribution in [-0.4, -0.2) is 22.8 Å². The van der Waals surface area contributed by atoms with Gasteiger partial charge in [0, 0.05) is 18.2 Å². The van der Waals surface area contributed by atoms with Gasteiger partial charge in [-0.1, -0.05) is 24.3 Å². The maximum absolute atomic E-state index is 12.6. The van der Waals surface area contributed by atoms with Crippen molar-refractivity contribution in [2.75, 3.05) is 0 Å². The van der Waals surface area contributed by atoms with Gasteiger partial charge in [0.05, 0.1) is 20.0 Å². The summed E-state index contributed by atoms with van der Waals surface area (Å²) in [6.07, 6.45) is 2.14. The molecule has 2 aromatic carbocycles. The minimum atomic E-state index is -0.108. The molecule has 0 spiro atoms. The topological polar surface area (TPSA) is 71.1 Å². The number of fused-ring (bicyclic) bond motifs is 1. The van der Waals surface area contributed by atoms with E-state index in [0.717, 1.165) is 38.5 Å². The lowest BCUT2D eigenvalue weighted by Gasteiger charge is -2.06. The molecular weight excluding hydrogens is 414 g/mol. The zero-order valence-corrected chi connectivity index (χ0v) is 17.7. The molecule has 4 aromatic rings. The van der Waals surface area contributed by atoms with Gasteiger partial charge in [0.2, 0.25) is 0 Å². The second-order valence-corrected chi connectivity index (χ2v) is 9.39. The predicted molar refractivity (Wildman–Crippen MR) is 121 cm³/mol. The zero-order chi connectivity index (χ0) is 20.5. The summed E-state index contributed by atoms with van der Waals surface area (Å²) in [5.41, 5.74) is 2.58. The van der Waals surface area contributed by atoms with E-state index < -0.39 is 0 Å². The number of nitrogens with zero attached hydrogens (tertiary/aromatic N) is 1. The predicted octanol–water partition coefficient (Wildman–Crippen LogP) is 4.85. The number of thiophene rings is 1. The van der Waals surface area contributed by atoms with Gasteiger partial charge in [-0.2, -0.15) is 0 Å². The van der Waals surface area contributed by atoms with E-state index in [-0.39, 0.29) is 11.8 Å². The number of thiazole rings is 1. The van der Waals surface area contributed by atoms with Crippen LogP contribution in [-0.2, 0) is 6.54 Å². The number of para-hydroxylation sites is 1. The van der Waals surface area contributed by atoms with Crippen molar-refractivity contribution in [2.24, 2.45) is 0 Å². The number of benzene rings is 2. The van der Waals surface area contributed by atoms with Crippen LogP contribution in [0.15, 0.2) is 60.7 Å². The highest BCUT2D eigenvalue weighted by Gasteiger charge is 2.23. The molecule has 5 nitrogen and oxygen atoms in total. The lowest BCUT2D eigenvalue weighted by molar-refractivity contribution is 0.0943. The average molecular weight is 434 g/mol. The highest BCUT2D eigenvalue weighted by Crippen LogP contribution is 2.34. The van der Waals surface area contributed by atoms with Crippen LogP contribution >= 0.6 is 22.7 Å². The summed E-state index contributed by atoms with van der Waals surface area (Å²) < 4.78 is 1.14. The van der Waals surface area contributed by atoms with Gasteiger partial charge >= 0.3 is 0 Å². The van der Waals surface area contributed by atoms with Crippen molar-refractivity contribution >= 4 is 44.7 Å². The molecule has 0 atom stereocenters. The fourth-order valence-corrected chi connectivity index (χ4v) is 5.03. The van der Waals surface area contributed by atoms with Crippen LogP contribution in [0.4, 0.5) is 0 Å². The summed E-state index contributed by atoms with van der Waals surface area (Å²) in [5, 5.41) is 6.86. The molecule has 0 saturated heterocycles. The Balaban J connectivity index is 1.21. The summed E-state index contributed by atoms with van der Waals surface area (Å²) in [4.78, 5) is 30.9. The van der Waals surface area contributed by atoms with Gasteiger partial charge in [0.15, 0.2) is 0 Å². The molecule has 0 bridgehead atoms. The first-order chi connectivity index (χ1) is 14.7. The number of hydrogen-bond acceptors (Lipinski definition) is 5. The monoisotopic (exact) mass is 433 g/mol. The molecule has 2 aromatic heterocycles.